The van der Waals surface area contributed by atoms with Gasteiger partial charge in [-0.15, -0.1) is 0 Å². The molecule has 1 atom stereocenters. The van der Waals surface area contributed by atoms with Gasteiger partial charge in [-0.05, 0) is 48.1 Å². The van der Waals surface area contributed by atoms with Crippen LogP contribution in [0.1, 0.15) is 29.3 Å². The summed E-state index contributed by atoms with van der Waals surface area (Å²) in [6, 6.07) is 9.10. The molecule has 0 bridgehead atoms. The van der Waals surface area contributed by atoms with Crippen LogP contribution < -0.4 is 10.6 Å². The molecule has 1 unspecified atom stereocenters. The average molecular weight is 396 g/mol. The van der Waals surface area contributed by atoms with Crippen molar-refractivity contribution in [3.8, 4) is 0 Å². The predicted octanol–water partition coefficient (Wildman–Crippen LogP) is 4.04. The molecule has 4 rings (SSSR count). The van der Waals surface area contributed by atoms with Crippen LogP contribution in [0.4, 0.5) is 10.1 Å². The predicted molar refractivity (Wildman–Crippen MR) is 111 cm³/mol. The minimum absolute atomic E-state index is 0.0178. The van der Waals surface area contributed by atoms with Crippen LogP contribution in [-0.4, -0.2) is 34.4 Å². The SMILES string of the molecule is CC1=C(c2ccc(NC(=O)c3ccncc3F)cc2)CN(C2NC=CS2)CC1. The van der Waals surface area contributed by atoms with E-state index in [0.717, 1.165) is 31.3 Å². The first kappa shape index (κ1) is 18.7. The number of nitrogens with zero attached hydrogens (tertiary/aromatic N) is 2. The second-order valence-electron chi connectivity index (χ2n) is 6.82. The molecular formula is C21H21FN4OS. The highest BCUT2D eigenvalue weighted by atomic mass is 32.2. The zero-order valence-corrected chi connectivity index (χ0v) is 16.3. The third-order valence-electron chi connectivity index (χ3n) is 5.00. The number of anilines is 1. The number of aromatic nitrogens is 1. The Labute approximate surface area is 167 Å². The summed E-state index contributed by atoms with van der Waals surface area (Å²) in [4.78, 5) is 18.3. The Morgan fingerprint density at radius 3 is 2.86 bits per heavy atom. The van der Waals surface area contributed by atoms with Gasteiger partial charge in [-0.2, -0.15) is 0 Å². The molecule has 0 radical (unpaired) electrons. The number of carbonyl (C=O) groups excluding carboxylic acids is 1. The van der Waals surface area contributed by atoms with Gasteiger partial charge in [-0.25, -0.2) is 4.39 Å². The first-order chi connectivity index (χ1) is 13.6. The standard InChI is InChI=1S/C21H21FN4OS/c1-14-7-10-26(21-24-9-11-28-21)13-18(14)15-2-4-16(5-3-15)25-20(27)17-6-8-23-12-19(17)22/h2-6,8-9,11-12,21,24H,7,10,13H2,1H3,(H,25,27). The number of amides is 1. The lowest BCUT2D eigenvalue weighted by atomic mass is 9.95. The van der Waals surface area contributed by atoms with Gasteiger partial charge >= 0.3 is 0 Å². The summed E-state index contributed by atoms with van der Waals surface area (Å²) in [5.74, 6) is -1.11. The molecule has 1 aromatic heterocycles. The summed E-state index contributed by atoms with van der Waals surface area (Å²) in [6.07, 6.45) is 5.46. The van der Waals surface area contributed by atoms with E-state index in [2.05, 4.69) is 32.8 Å². The third kappa shape index (κ3) is 3.95. The first-order valence-electron chi connectivity index (χ1n) is 9.12. The molecule has 1 amide bonds. The van der Waals surface area contributed by atoms with Gasteiger partial charge in [0.15, 0.2) is 5.82 Å². The van der Waals surface area contributed by atoms with Gasteiger partial charge in [0.1, 0.15) is 5.50 Å². The monoisotopic (exact) mass is 396 g/mol. The van der Waals surface area contributed by atoms with Gasteiger partial charge in [-0.1, -0.05) is 29.5 Å². The first-order valence-corrected chi connectivity index (χ1v) is 10.1. The summed E-state index contributed by atoms with van der Waals surface area (Å²) in [5, 5.41) is 8.19. The maximum absolute atomic E-state index is 13.7. The summed E-state index contributed by atoms with van der Waals surface area (Å²) in [6.45, 7) is 4.10. The smallest absolute Gasteiger partial charge is 0.258 e. The third-order valence-corrected chi connectivity index (χ3v) is 5.99. The lowest BCUT2D eigenvalue weighted by Crippen LogP contribution is -2.42. The van der Waals surface area contributed by atoms with Crippen molar-refractivity contribution < 1.29 is 9.18 Å². The minimum atomic E-state index is -0.632. The Bertz CT molecular complexity index is 934. The van der Waals surface area contributed by atoms with E-state index in [9.17, 15) is 9.18 Å². The number of hydrogen-bond acceptors (Lipinski definition) is 5. The second-order valence-corrected chi connectivity index (χ2v) is 7.82. The number of nitrogens with one attached hydrogen (secondary N) is 2. The van der Waals surface area contributed by atoms with Crippen LogP contribution in [-0.2, 0) is 0 Å². The molecule has 2 aliphatic rings. The fourth-order valence-electron chi connectivity index (χ4n) is 3.40. The lowest BCUT2D eigenvalue weighted by Gasteiger charge is -2.34. The Morgan fingerprint density at radius 1 is 1.32 bits per heavy atom. The number of benzene rings is 1. The highest BCUT2D eigenvalue weighted by Crippen LogP contribution is 2.31. The fourth-order valence-corrected chi connectivity index (χ4v) is 4.21. The van der Waals surface area contributed by atoms with Crippen molar-refractivity contribution in [3.63, 3.8) is 0 Å². The molecule has 2 aromatic rings. The van der Waals surface area contributed by atoms with E-state index in [0.29, 0.717) is 5.69 Å². The quantitative estimate of drug-likeness (QED) is 0.817. The van der Waals surface area contributed by atoms with E-state index in [1.54, 1.807) is 11.8 Å². The largest absolute Gasteiger partial charge is 0.366 e. The molecule has 28 heavy (non-hydrogen) atoms. The van der Waals surface area contributed by atoms with E-state index in [-0.39, 0.29) is 11.1 Å². The van der Waals surface area contributed by atoms with Gasteiger partial charge in [0, 0.05) is 31.2 Å². The van der Waals surface area contributed by atoms with Gasteiger partial charge in [0.25, 0.3) is 5.91 Å². The Hall–Kier alpha value is -2.64. The number of carbonyl (C=O) groups is 1. The molecule has 0 saturated carbocycles. The van der Waals surface area contributed by atoms with Crippen LogP contribution in [0.2, 0.25) is 0 Å². The average Bonchev–Trinajstić information content (AvgIpc) is 3.24. The lowest BCUT2D eigenvalue weighted by molar-refractivity contribution is 0.102. The van der Waals surface area contributed by atoms with Crippen LogP contribution in [0, 0.1) is 5.82 Å². The summed E-state index contributed by atoms with van der Waals surface area (Å²) < 4.78 is 13.7. The summed E-state index contributed by atoms with van der Waals surface area (Å²) in [7, 11) is 0. The zero-order valence-electron chi connectivity index (χ0n) is 15.5. The van der Waals surface area contributed by atoms with Crippen molar-refractivity contribution in [2.75, 3.05) is 18.4 Å². The van der Waals surface area contributed by atoms with Crippen LogP contribution in [0.5, 0.6) is 0 Å². The number of hydrogen-bond donors (Lipinski definition) is 2. The van der Waals surface area contributed by atoms with E-state index in [1.807, 2.05) is 30.5 Å². The van der Waals surface area contributed by atoms with E-state index < -0.39 is 11.7 Å². The van der Waals surface area contributed by atoms with Crippen molar-refractivity contribution in [1.82, 2.24) is 15.2 Å². The Kier molecular flexibility index (Phi) is 5.45. The van der Waals surface area contributed by atoms with Crippen LogP contribution in [0.3, 0.4) is 0 Å². The molecule has 2 aliphatic heterocycles. The topological polar surface area (TPSA) is 57.3 Å². The van der Waals surface area contributed by atoms with Crippen LogP contribution in [0.15, 0.2) is 59.9 Å². The van der Waals surface area contributed by atoms with Gasteiger partial charge < -0.3 is 10.6 Å². The molecule has 5 nitrogen and oxygen atoms in total. The molecule has 0 spiro atoms. The summed E-state index contributed by atoms with van der Waals surface area (Å²) in [5.41, 5.74) is 4.76. The molecule has 144 valence electrons. The van der Waals surface area contributed by atoms with Gasteiger partial charge in [0.2, 0.25) is 0 Å². The molecule has 2 N–H and O–H groups in total. The van der Waals surface area contributed by atoms with Crippen molar-refractivity contribution in [2.24, 2.45) is 0 Å². The second kappa shape index (κ2) is 8.16. The van der Waals surface area contributed by atoms with Gasteiger partial charge in [0.05, 0.1) is 11.8 Å². The molecule has 0 aliphatic carbocycles. The van der Waals surface area contributed by atoms with Gasteiger partial charge in [-0.3, -0.25) is 14.7 Å². The molecule has 7 heteroatoms. The van der Waals surface area contributed by atoms with Crippen molar-refractivity contribution in [3.05, 3.63) is 76.9 Å². The van der Waals surface area contributed by atoms with Crippen molar-refractivity contribution in [2.45, 2.75) is 18.8 Å². The number of pyridine rings is 1. The number of halogens is 1. The van der Waals surface area contributed by atoms with E-state index in [4.69, 9.17) is 0 Å². The van der Waals surface area contributed by atoms with Crippen molar-refractivity contribution in [1.29, 1.82) is 0 Å². The minimum Gasteiger partial charge on any atom is -0.366 e. The highest BCUT2D eigenvalue weighted by molar-refractivity contribution is 8.02. The molecule has 0 saturated heterocycles. The maximum Gasteiger partial charge on any atom is 0.258 e. The Balaban J connectivity index is 1.46. The molecule has 3 heterocycles. The van der Waals surface area contributed by atoms with Crippen molar-refractivity contribution >= 4 is 28.9 Å². The molecule has 0 fully saturated rings. The molecular weight excluding hydrogens is 375 g/mol. The number of thioether (sulfide) groups is 1. The molecule has 1 aromatic carbocycles. The Morgan fingerprint density at radius 2 is 2.14 bits per heavy atom. The normalized spacial score (nSPS) is 19.6. The fraction of sp³-hybridized carbons (Fsp3) is 0.238. The zero-order chi connectivity index (χ0) is 19.5. The summed E-state index contributed by atoms with van der Waals surface area (Å²) >= 11 is 1.78. The van der Waals surface area contributed by atoms with E-state index >= 15 is 0 Å². The van der Waals surface area contributed by atoms with E-state index in [1.165, 1.54) is 23.4 Å². The van der Waals surface area contributed by atoms with Crippen LogP contribution in [0.25, 0.3) is 5.57 Å². The highest BCUT2D eigenvalue weighted by Gasteiger charge is 2.25. The maximum atomic E-state index is 13.7. The van der Waals surface area contributed by atoms with Crippen LogP contribution >= 0.6 is 11.8 Å². The number of rotatable bonds is 4.